The van der Waals surface area contributed by atoms with Gasteiger partial charge in [0.25, 0.3) is 5.97 Å². The molecule has 2 amide bonds. The SMILES string of the molecule is CC(=O)O.CCN(C(C)C)C(C)C.FC(F)(F)c1cc(Cl)nc(Cl)n1.NC1CC1.Nc1ccc2c(c1)CCC(=O)N2.O=C1CCc2cc(Nc3nc(NC4CC4)cc(C(F)(F)F)n3)ccc2N1.[Cl][Zn][Cl]. The molecular weight excluding hydrogens is 1070 g/mol. The number of rotatable bonds is 7. The van der Waals surface area contributed by atoms with Crippen LogP contribution in [0.15, 0.2) is 48.5 Å². The van der Waals surface area contributed by atoms with Gasteiger partial charge in [-0.3, -0.25) is 19.3 Å². The molecule has 384 valence electrons. The van der Waals surface area contributed by atoms with Gasteiger partial charge in [0.15, 0.2) is 11.4 Å². The molecule has 0 saturated heterocycles. The summed E-state index contributed by atoms with van der Waals surface area (Å²) in [6, 6.07) is 14.4. The summed E-state index contributed by atoms with van der Waals surface area (Å²) in [7, 11) is 9.90. The van der Waals surface area contributed by atoms with Gasteiger partial charge < -0.3 is 37.8 Å². The Hall–Kier alpha value is -4.31. The Morgan fingerprint density at radius 2 is 1.27 bits per heavy atom. The second kappa shape index (κ2) is 29.9. The van der Waals surface area contributed by atoms with Crippen LogP contribution in [0.3, 0.4) is 0 Å². The van der Waals surface area contributed by atoms with Gasteiger partial charge in [0, 0.05) is 78.8 Å². The van der Waals surface area contributed by atoms with Crippen LogP contribution in [0.4, 0.5) is 60.9 Å². The van der Waals surface area contributed by atoms with Gasteiger partial charge >= 0.3 is 46.9 Å². The average Bonchev–Trinajstić information content (AvgIpc) is 4.20. The number of hydrogen-bond acceptors (Lipinski definition) is 12. The molecule has 2 aromatic carbocycles. The number of amides is 2. The van der Waals surface area contributed by atoms with E-state index in [4.69, 9.17) is 64.0 Å². The predicted molar refractivity (Wildman–Crippen MR) is 260 cm³/mol. The molecule has 0 bridgehead atoms. The van der Waals surface area contributed by atoms with Gasteiger partial charge in [-0.25, -0.2) is 15.0 Å². The number of aryl methyl sites for hydroxylation is 2. The van der Waals surface area contributed by atoms with Gasteiger partial charge in [-0.05, 0) is 132 Å². The number of nitrogens with zero attached hydrogens (tertiary/aromatic N) is 5. The number of carbonyl (C=O) groups excluding carboxylic acids is 2. The Morgan fingerprint density at radius 1 is 0.800 bits per heavy atom. The van der Waals surface area contributed by atoms with Crippen LogP contribution in [-0.2, 0) is 54.7 Å². The standard InChI is InChI=1S/C17H16F3N5O.C9H10N2O.C8H19N.C5HCl2F3N2.C3H7N.C2H4O2.2ClH.Zn/c18-17(19,20)13-8-14(21-10-2-3-10)25-16(24-13)22-11-4-5-12-9(7-11)1-6-15(26)23-12;10-7-2-3-8-6(5-7)1-4-9(12)11-8;1-6-9(7(2)3)8(4)5;6-3-1-2(5(8,9)10)11-4(7)12-3;4-3-1-2-3;1-2(3)4;;;/h4-5,7-8,10H,1-3,6H2,(H,23,26)(H2,21,22,24,25);2-3,5H,1,4,10H2,(H,11,12);7-8H,6H2,1-5H3;1H;3H,1-2,4H2;1H3,(H,3,4);2*1H;/q;;;;;;;;+2/p-2. The first kappa shape index (κ1) is 61.8. The number of alkyl halides is 6. The number of carboxylic acids is 1. The Morgan fingerprint density at radius 3 is 1.69 bits per heavy atom. The van der Waals surface area contributed by atoms with Gasteiger partial charge in [-0.1, -0.05) is 18.5 Å². The van der Waals surface area contributed by atoms with Crippen molar-refractivity contribution in [2.24, 2.45) is 5.73 Å². The molecule has 70 heavy (non-hydrogen) atoms. The fourth-order valence-electron chi connectivity index (χ4n) is 6.11. The molecular formula is C44H57Cl4F6N11O4Zn. The second-order valence-electron chi connectivity index (χ2n) is 16.2. The molecule has 4 aliphatic rings. The Bertz CT molecular complexity index is 2280. The van der Waals surface area contributed by atoms with Gasteiger partial charge in [-0.15, -0.1) is 0 Å². The summed E-state index contributed by atoms with van der Waals surface area (Å²) in [6.07, 6.45) is -2.41. The molecule has 2 fully saturated rings. The molecule has 0 radical (unpaired) electrons. The zero-order valence-electron chi connectivity index (χ0n) is 39.3. The van der Waals surface area contributed by atoms with Crippen LogP contribution in [0, 0.1) is 0 Å². The van der Waals surface area contributed by atoms with E-state index in [1.165, 1.54) is 12.8 Å². The third-order valence-electron chi connectivity index (χ3n) is 9.50. The quantitative estimate of drug-likeness (QED) is 0.0301. The molecule has 2 aliphatic carbocycles. The van der Waals surface area contributed by atoms with E-state index in [9.17, 15) is 35.9 Å². The Balaban J connectivity index is 0.000000321. The van der Waals surface area contributed by atoms with Gasteiger partial charge in [0.2, 0.25) is 23.0 Å². The van der Waals surface area contributed by atoms with Crippen molar-refractivity contribution in [1.82, 2.24) is 24.8 Å². The number of benzene rings is 2. The van der Waals surface area contributed by atoms with Crippen LogP contribution in [0.5, 0.6) is 0 Å². The topological polar surface area (TPSA) is 226 Å². The van der Waals surface area contributed by atoms with E-state index in [-0.39, 0.29) is 34.8 Å². The third kappa shape index (κ3) is 25.2. The zero-order chi connectivity index (χ0) is 52.9. The normalized spacial score (nSPS) is 14.3. The number of hydrogen-bond donors (Lipinski definition) is 7. The van der Waals surface area contributed by atoms with E-state index < -0.39 is 50.1 Å². The number of aliphatic carboxylic acids is 1. The van der Waals surface area contributed by atoms with Crippen molar-refractivity contribution in [1.29, 1.82) is 0 Å². The molecule has 26 heteroatoms. The van der Waals surface area contributed by atoms with E-state index in [1.807, 2.05) is 12.1 Å². The van der Waals surface area contributed by atoms with E-state index in [1.54, 1.807) is 24.3 Å². The molecule has 4 heterocycles. The molecule has 2 saturated carbocycles. The first-order valence-corrected chi connectivity index (χ1v) is 30.4. The molecule has 0 unspecified atom stereocenters. The van der Waals surface area contributed by atoms with E-state index in [2.05, 4.69) is 80.7 Å². The minimum atomic E-state index is -4.56. The van der Waals surface area contributed by atoms with E-state index >= 15 is 0 Å². The monoisotopic (exact) mass is 1120 g/mol. The number of nitrogens with one attached hydrogen (secondary N) is 4. The minimum absolute atomic E-state index is 0.0461. The fourth-order valence-corrected chi connectivity index (χ4v) is 6.52. The molecule has 2 aromatic heterocycles. The van der Waals surface area contributed by atoms with Crippen LogP contribution < -0.4 is 32.7 Å². The summed E-state index contributed by atoms with van der Waals surface area (Å²) in [5.41, 5.74) is 13.7. The van der Waals surface area contributed by atoms with E-state index in [0.717, 1.165) is 61.3 Å². The number of anilines is 6. The Labute approximate surface area is 428 Å². The molecule has 9 N–H and O–H groups in total. The number of fused-ring (bicyclic) bond motifs is 2. The van der Waals surface area contributed by atoms with Crippen molar-refractivity contribution < 1.29 is 61.0 Å². The average molecular weight is 1130 g/mol. The second-order valence-corrected chi connectivity index (χ2v) is 21.6. The summed E-state index contributed by atoms with van der Waals surface area (Å²) in [6.45, 7) is 13.4. The van der Waals surface area contributed by atoms with Crippen molar-refractivity contribution in [3.63, 3.8) is 0 Å². The number of nitrogen functional groups attached to an aromatic ring is 1. The summed E-state index contributed by atoms with van der Waals surface area (Å²) >= 11 is 9.44. The summed E-state index contributed by atoms with van der Waals surface area (Å²) < 4.78 is 75.2. The van der Waals surface area contributed by atoms with Crippen molar-refractivity contribution in [3.8, 4) is 0 Å². The summed E-state index contributed by atoms with van der Waals surface area (Å²) in [5, 5.41) is 17.9. The number of nitrogens with two attached hydrogens (primary N) is 2. The van der Waals surface area contributed by atoms with Crippen LogP contribution in [-0.4, -0.2) is 78.4 Å². The van der Waals surface area contributed by atoms with Crippen LogP contribution >= 0.6 is 42.6 Å². The maximum absolute atomic E-state index is 13.1. The van der Waals surface area contributed by atoms with Gasteiger partial charge in [-0.2, -0.15) is 31.3 Å². The predicted octanol–water partition coefficient (Wildman–Crippen LogP) is 11.4. The van der Waals surface area contributed by atoms with E-state index in [0.29, 0.717) is 54.8 Å². The van der Waals surface area contributed by atoms with Gasteiger partial charge in [0.05, 0.1) is 0 Å². The number of halogens is 10. The molecule has 15 nitrogen and oxygen atoms in total. The van der Waals surface area contributed by atoms with Crippen LogP contribution in [0.1, 0.15) is 103 Å². The van der Waals surface area contributed by atoms with Crippen LogP contribution in [0.25, 0.3) is 0 Å². The molecule has 8 rings (SSSR count). The first-order valence-electron chi connectivity index (χ1n) is 21.9. The fraction of sp³-hybridized carbons (Fsp3) is 0.477. The van der Waals surface area contributed by atoms with Crippen molar-refractivity contribution in [3.05, 3.63) is 81.5 Å². The molecule has 4 aromatic rings. The molecule has 0 spiro atoms. The number of carbonyl (C=O) groups is 3. The van der Waals surface area contributed by atoms with Crippen molar-refractivity contribution in [2.45, 2.75) is 129 Å². The summed E-state index contributed by atoms with van der Waals surface area (Å²) in [5.74, 6) is -0.757. The maximum atomic E-state index is 13.1. The van der Waals surface area contributed by atoms with Crippen molar-refractivity contribution in [2.75, 3.05) is 33.5 Å². The van der Waals surface area contributed by atoms with Crippen LogP contribution in [0.2, 0.25) is 10.4 Å². The summed E-state index contributed by atoms with van der Waals surface area (Å²) in [4.78, 5) is 47.8. The molecule has 0 atom stereocenters. The van der Waals surface area contributed by atoms with Gasteiger partial charge in [0.1, 0.15) is 11.0 Å². The van der Waals surface area contributed by atoms with Crippen molar-refractivity contribution >= 4 is 94.9 Å². The third-order valence-corrected chi connectivity index (χ3v) is 9.86. The first-order chi connectivity index (χ1) is 32.6. The molecule has 2 aliphatic heterocycles. The Kier molecular flexibility index (Phi) is 26.4. The number of carboxylic acid groups (broad SMARTS) is 1. The zero-order valence-corrected chi connectivity index (χ0v) is 45.3. The number of aromatic nitrogens is 4.